The topological polar surface area (TPSA) is 75.6 Å². The number of rotatable bonds is 6. The van der Waals surface area contributed by atoms with Gasteiger partial charge in [0.25, 0.3) is 0 Å². The molecule has 1 aliphatic heterocycles. The van der Waals surface area contributed by atoms with E-state index in [1.165, 1.54) is 0 Å². The van der Waals surface area contributed by atoms with Gasteiger partial charge in [0.2, 0.25) is 5.91 Å². The second-order valence-electron chi connectivity index (χ2n) is 4.79. The molecular weight excluding hydrogens is 358 g/mol. The predicted octanol–water partition coefficient (Wildman–Crippen LogP) is 2.29. The normalized spacial score (nSPS) is 21.2. The summed E-state index contributed by atoms with van der Waals surface area (Å²) in [5.74, 6) is -0.689. The molecular formula is C14H16BrNO4S. The lowest BCUT2D eigenvalue weighted by Crippen LogP contribution is -2.55. The quantitative estimate of drug-likeness (QED) is 0.748. The summed E-state index contributed by atoms with van der Waals surface area (Å²) in [6.45, 7) is 0.397. The number of benzene rings is 1. The van der Waals surface area contributed by atoms with Gasteiger partial charge in [0.15, 0.2) is 5.54 Å². The smallest absolute Gasteiger partial charge is 0.331 e. The molecule has 1 aliphatic rings. The van der Waals surface area contributed by atoms with Gasteiger partial charge < -0.3 is 15.2 Å². The van der Waals surface area contributed by atoms with Crippen LogP contribution in [0.1, 0.15) is 12.8 Å². The van der Waals surface area contributed by atoms with E-state index in [1.807, 2.05) is 24.3 Å². The monoisotopic (exact) mass is 373 g/mol. The number of aliphatic carboxylic acids is 1. The van der Waals surface area contributed by atoms with E-state index in [2.05, 4.69) is 21.2 Å². The fourth-order valence-corrected chi connectivity index (χ4v) is 3.12. The molecule has 0 spiro atoms. The van der Waals surface area contributed by atoms with Gasteiger partial charge in [-0.05, 0) is 24.3 Å². The number of thioether (sulfide) groups is 1. The van der Waals surface area contributed by atoms with Crippen molar-refractivity contribution in [2.45, 2.75) is 23.3 Å². The zero-order chi connectivity index (χ0) is 15.3. The van der Waals surface area contributed by atoms with Crippen LogP contribution in [0.25, 0.3) is 0 Å². The van der Waals surface area contributed by atoms with Gasteiger partial charge in [0.1, 0.15) is 0 Å². The molecule has 1 aromatic carbocycles. The van der Waals surface area contributed by atoms with Gasteiger partial charge in [-0.2, -0.15) is 0 Å². The molecule has 1 fully saturated rings. The van der Waals surface area contributed by atoms with E-state index in [0.717, 1.165) is 9.37 Å². The predicted molar refractivity (Wildman–Crippen MR) is 83.4 cm³/mol. The number of hydrogen-bond donors (Lipinski definition) is 2. The van der Waals surface area contributed by atoms with E-state index < -0.39 is 11.5 Å². The molecule has 1 heterocycles. The van der Waals surface area contributed by atoms with Gasteiger partial charge >= 0.3 is 5.97 Å². The molecule has 1 aromatic rings. The number of carbonyl (C=O) groups excluding carboxylic acids is 1. The first-order valence-corrected chi connectivity index (χ1v) is 8.30. The van der Waals surface area contributed by atoms with Gasteiger partial charge in [-0.15, -0.1) is 11.8 Å². The van der Waals surface area contributed by atoms with Crippen LogP contribution in [0, 0.1) is 0 Å². The number of nitrogens with one attached hydrogen (secondary N) is 1. The molecule has 5 nitrogen and oxygen atoms in total. The molecule has 1 amide bonds. The summed E-state index contributed by atoms with van der Waals surface area (Å²) >= 11 is 4.93. The number of amides is 1. The van der Waals surface area contributed by atoms with Crippen LogP contribution in [0.15, 0.2) is 33.6 Å². The van der Waals surface area contributed by atoms with Crippen molar-refractivity contribution in [1.82, 2.24) is 5.32 Å². The lowest BCUT2D eigenvalue weighted by Gasteiger charge is -2.23. The van der Waals surface area contributed by atoms with Gasteiger partial charge in [0.05, 0.1) is 6.61 Å². The minimum Gasteiger partial charge on any atom is -0.479 e. The summed E-state index contributed by atoms with van der Waals surface area (Å²) in [4.78, 5) is 24.3. The van der Waals surface area contributed by atoms with Crippen LogP contribution in [-0.4, -0.2) is 41.5 Å². The highest BCUT2D eigenvalue weighted by atomic mass is 79.9. The second-order valence-corrected chi connectivity index (χ2v) is 6.87. The molecule has 21 heavy (non-hydrogen) atoms. The number of halogens is 1. The van der Waals surface area contributed by atoms with Crippen molar-refractivity contribution >= 4 is 39.6 Å². The third-order valence-electron chi connectivity index (χ3n) is 3.22. The Kier molecular flexibility index (Phi) is 5.66. The minimum absolute atomic E-state index is 0.0356. The third-order valence-corrected chi connectivity index (χ3v) is 4.76. The van der Waals surface area contributed by atoms with Crippen molar-refractivity contribution in [3.8, 4) is 0 Å². The highest BCUT2D eigenvalue weighted by molar-refractivity contribution is 9.10. The van der Waals surface area contributed by atoms with Crippen LogP contribution in [-0.2, 0) is 14.3 Å². The summed E-state index contributed by atoms with van der Waals surface area (Å²) < 4.78 is 6.11. The molecule has 0 saturated carbocycles. The Morgan fingerprint density at radius 1 is 1.38 bits per heavy atom. The summed E-state index contributed by atoms with van der Waals surface area (Å²) in [6, 6.07) is 7.82. The van der Waals surface area contributed by atoms with Gasteiger partial charge in [-0.3, -0.25) is 4.79 Å². The second kappa shape index (κ2) is 7.29. The fourth-order valence-electron chi connectivity index (χ4n) is 2.01. The van der Waals surface area contributed by atoms with Crippen molar-refractivity contribution in [1.29, 1.82) is 0 Å². The largest absolute Gasteiger partial charge is 0.479 e. The van der Waals surface area contributed by atoms with E-state index >= 15 is 0 Å². The Bertz CT molecular complexity index is 514. The Labute approximate surface area is 135 Å². The van der Waals surface area contributed by atoms with Crippen LogP contribution in [0.3, 0.4) is 0 Å². The summed E-state index contributed by atoms with van der Waals surface area (Å²) in [5.41, 5.74) is -1.25. The van der Waals surface area contributed by atoms with Crippen molar-refractivity contribution in [2.24, 2.45) is 0 Å². The Hall–Kier alpha value is -1.05. The fraction of sp³-hybridized carbons (Fsp3) is 0.429. The molecule has 0 aliphatic carbocycles. The number of carboxylic acid groups (broad SMARTS) is 1. The number of carbonyl (C=O) groups is 2. The van der Waals surface area contributed by atoms with E-state index in [-0.39, 0.29) is 18.9 Å². The van der Waals surface area contributed by atoms with Gasteiger partial charge in [-0.25, -0.2) is 4.79 Å². The summed E-state index contributed by atoms with van der Waals surface area (Å²) in [7, 11) is 0. The molecule has 0 aromatic heterocycles. The van der Waals surface area contributed by atoms with Crippen LogP contribution in [0.4, 0.5) is 0 Å². The molecule has 0 radical (unpaired) electrons. The van der Waals surface area contributed by atoms with E-state index in [1.54, 1.807) is 11.8 Å². The highest BCUT2D eigenvalue weighted by Crippen LogP contribution is 2.22. The molecule has 2 N–H and O–H groups in total. The number of hydrogen-bond acceptors (Lipinski definition) is 4. The lowest BCUT2D eigenvalue weighted by molar-refractivity contribution is -0.147. The van der Waals surface area contributed by atoms with Crippen LogP contribution >= 0.6 is 27.7 Å². The first-order chi connectivity index (χ1) is 10.0. The van der Waals surface area contributed by atoms with Crippen molar-refractivity contribution in [3.63, 3.8) is 0 Å². The van der Waals surface area contributed by atoms with Crippen LogP contribution in [0.2, 0.25) is 0 Å². The van der Waals surface area contributed by atoms with E-state index in [4.69, 9.17) is 4.74 Å². The number of ether oxygens (including phenoxy) is 1. The average Bonchev–Trinajstić information content (AvgIpc) is 2.91. The maximum atomic E-state index is 11.9. The molecule has 1 saturated heterocycles. The minimum atomic E-state index is -1.25. The van der Waals surface area contributed by atoms with Crippen molar-refractivity contribution in [2.75, 3.05) is 19.0 Å². The third kappa shape index (κ3) is 4.46. The standard InChI is InChI=1S/C14H16BrNO4S/c15-10-1-3-11(4-2-10)21-8-5-12(17)16-14(13(18)19)6-7-20-9-14/h1-4H,5-9H2,(H,16,17)(H,18,19). The van der Waals surface area contributed by atoms with Gasteiger partial charge in [0, 0.05) is 34.6 Å². The molecule has 1 unspecified atom stereocenters. The van der Waals surface area contributed by atoms with Crippen molar-refractivity contribution in [3.05, 3.63) is 28.7 Å². The van der Waals surface area contributed by atoms with Crippen LogP contribution in [0.5, 0.6) is 0 Å². The Balaban J connectivity index is 1.79. The first kappa shape index (κ1) is 16.3. The SMILES string of the molecule is O=C(CCSc1ccc(Br)cc1)NC1(C(=O)O)CCOC1. The average molecular weight is 374 g/mol. The van der Waals surface area contributed by atoms with Gasteiger partial charge in [-0.1, -0.05) is 15.9 Å². The van der Waals surface area contributed by atoms with E-state index in [9.17, 15) is 14.7 Å². The van der Waals surface area contributed by atoms with Crippen LogP contribution < -0.4 is 5.32 Å². The zero-order valence-corrected chi connectivity index (χ0v) is 13.7. The molecule has 114 valence electrons. The lowest BCUT2D eigenvalue weighted by atomic mass is 9.99. The zero-order valence-electron chi connectivity index (χ0n) is 11.3. The molecule has 2 rings (SSSR count). The summed E-state index contributed by atoms with van der Waals surface area (Å²) in [6.07, 6.45) is 0.587. The van der Waals surface area contributed by atoms with Crippen molar-refractivity contribution < 1.29 is 19.4 Å². The Morgan fingerprint density at radius 2 is 2.10 bits per heavy atom. The maximum Gasteiger partial charge on any atom is 0.331 e. The first-order valence-electron chi connectivity index (χ1n) is 6.52. The molecule has 7 heteroatoms. The molecule has 1 atom stereocenters. The maximum absolute atomic E-state index is 11.9. The highest BCUT2D eigenvalue weighted by Gasteiger charge is 2.43. The Morgan fingerprint density at radius 3 is 2.67 bits per heavy atom. The summed E-state index contributed by atoms with van der Waals surface area (Å²) in [5, 5.41) is 11.8. The molecule has 0 bridgehead atoms. The number of carboxylic acids is 1. The van der Waals surface area contributed by atoms with E-state index in [0.29, 0.717) is 18.8 Å².